The molecule has 0 radical (unpaired) electrons. The molecule has 2 amide bonds. The number of allylic oxidation sites excluding steroid dienone is 1. The normalized spacial score (nSPS) is 17.7. The summed E-state index contributed by atoms with van der Waals surface area (Å²) >= 11 is 0. The molecule has 9 heteroatoms. The largest absolute Gasteiger partial charge is 0.376 e. The first-order chi connectivity index (χ1) is 15.6. The molecule has 2 heterocycles. The van der Waals surface area contributed by atoms with Gasteiger partial charge in [-0.2, -0.15) is 0 Å². The Balaban J connectivity index is 1.70. The molecule has 0 aromatic heterocycles. The maximum Gasteiger partial charge on any atom is 0.246 e. The van der Waals surface area contributed by atoms with Crippen molar-refractivity contribution in [1.29, 1.82) is 0 Å². The highest BCUT2D eigenvalue weighted by atomic mass is 19.1. The van der Waals surface area contributed by atoms with Crippen LogP contribution in [0.3, 0.4) is 0 Å². The molecule has 0 fully saturated rings. The summed E-state index contributed by atoms with van der Waals surface area (Å²) in [6.07, 6.45) is 7.44. The number of aldehydes is 1. The fourth-order valence-corrected chi connectivity index (χ4v) is 3.63. The van der Waals surface area contributed by atoms with Crippen molar-refractivity contribution in [3.8, 4) is 0 Å². The quantitative estimate of drug-likeness (QED) is 0.408. The minimum atomic E-state index is -1.17. The highest BCUT2D eigenvalue weighted by molar-refractivity contribution is 5.97. The second-order valence-corrected chi connectivity index (χ2v) is 8.62. The number of amides is 2. The second-order valence-electron chi connectivity index (χ2n) is 8.62. The summed E-state index contributed by atoms with van der Waals surface area (Å²) in [6.45, 7) is 6.03. The van der Waals surface area contributed by atoms with Crippen molar-refractivity contribution in [2.45, 2.75) is 33.4 Å². The Kier molecular flexibility index (Phi) is 7.33. The van der Waals surface area contributed by atoms with E-state index in [1.807, 2.05) is 24.3 Å². The van der Waals surface area contributed by atoms with E-state index in [2.05, 4.69) is 16.1 Å². The molecule has 1 aromatic carbocycles. The molecule has 3 rings (SSSR count). The average molecular weight is 456 g/mol. The molecule has 1 atom stereocenters. The van der Waals surface area contributed by atoms with Crippen molar-refractivity contribution in [1.82, 2.24) is 26.0 Å². The summed E-state index contributed by atoms with van der Waals surface area (Å²) in [5.41, 5.74) is 4.84. The summed E-state index contributed by atoms with van der Waals surface area (Å²) < 4.78 is 14.2. The minimum Gasteiger partial charge on any atom is -0.376 e. The van der Waals surface area contributed by atoms with Gasteiger partial charge in [0.25, 0.3) is 0 Å². The van der Waals surface area contributed by atoms with E-state index in [0.717, 1.165) is 11.1 Å². The number of likely N-dealkylation sites (N-methyl/N-ethyl adjacent to an activating group) is 1. The first kappa shape index (κ1) is 24.2. The van der Waals surface area contributed by atoms with Gasteiger partial charge in [0.05, 0.1) is 5.41 Å². The van der Waals surface area contributed by atoms with E-state index in [0.29, 0.717) is 30.6 Å². The van der Waals surface area contributed by atoms with E-state index in [4.69, 9.17) is 0 Å². The SMILES string of the molecule is CCN(C(=O)C(C)(C)C=O)C1=CC(C(=O)NCc2cc(F)cc(C3=CN(C)NC3)c2)NC=C1. The summed E-state index contributed by atoms with van der Waals surface area (Å²) in [5, 5.41) is 7.59. The predicted octanol–water partition coefficient (Wildman–Crippen LogP) is 1.68. The van der Waals surface area contributed by atoms with Crippen LogP contribution in [0.1, 0.15) is 31.9 Å². The topological polar surface area (TPSA) is 93.8 Å². The van der Waals surface area contributed by atoms with E-state index in [1.54, 1.807) is 39.1 Å². The highest BCUT2D eigenvalue weighted by Gasteiger charge is 2.33. The number of hydrazine groups is 1. The Morgan fingerprint density at radius 2 is 2.09 bits per heavy atom. The van der Waals surface area contributed by atoms with Gasteiger partial charge in [-0.25, -0.2) is 9.82 Å². The number of dihydropyridines is 1. The van der Waals surface area contributed by atoms with E-state index in [9.17, 15) is 18.8 Å². The van der Waals surface area contributed by atoms with Crippen LogP contribution in [0.5, 0.6) is 0 Å². The van der Waals surface area contributed by atoms with E-state index < -0.39 is 11.5 Å². The number of rotatable bonds is 8. The van der Waals surface area contributed by atoms with E-state index >= 15 is 0 Å². The number of hydrogen-bond acceptors (Lipinski definition) is 6. The first-order valence-electron chi connectivity index (χ1n) is 10.8. The van der Waals surface area contributed by atoms with Crippen molar-refractivity contribution < 1.29 is 18.8 Å². The minimum absolute atomic E-state index is 0.153. The monoisotopic (exact) mass is 455 g/mol. The van der Waals surface area contributed by atoms with Crippen LogP contribution in [0.15, 0.2) is 48.4 Å². The average Bonchev–Trinajstić information content (AvgIpc) is 3.24. The molecule has 2 aliphatic rings. The second kappa shape index (κ2) is 9.99. The smallest absolute Gasteiger partial charge is 0.246 e. The van der Waals surface area contributed by atoms with Crippen LogP contribution in [0.25, 0.3) is 5.57 Å². The molecular formula is C24H30FN5O3. The molecule has 176 valence electrons. The number of carbonyl (C=O) groups is 3. The molecule has 3 N–H and O–H groups in total. The molecule has 0 spiro atoms. The van der Waals surface area contributed by atoms with Gasteiger partial charge in [-0.3, -0.25) is 9.59 Å². The lowest BCUT2D eigenvalue weighted by Crippen LogP contribution is -2.45. The Hall–Kier alpha value is -3.46. The Bertz CT molecular complexity index is 1030. The maximum atomic E-state index is 14.2. The van der Waals surface area contributed by atoms with Crippen LogP contribution in [0.2, 0.25) is 0 Å². The lowest BCUT2D eigenvalue weighted by Gasteiger charge is -2.30. The summed E-state index contributed by atoms with van der Waals surface area (Å²) in [4.78, 5) is 38.3. The molecular weight excluding hydrogens is 425 g/mol. The number of nitrogens with zero attached hydrogens (tertiary/aromatic N) is 2. The lowest BCUT2D eigenvalue weighted by atomic mass is 9.93. The van der Waals surface area contributed by atoms with Crippen molar-refractivity contribution in [3.05, 3.63) is 65.4 Å². The Morgan fingerprint density at radius 1 is 1.33 bits per heavy atom. The number of benzene rings is 1. The van der Waals surface area contributed by atoms with Crippen molar-refractivity contribution in [3.63, 3.8) is 0 Å². The summed E-state index contributed by atoms with van der Waals surface area (Å²) in [7, 11) is 1.87. The third kappa shape index (κ3) is 5.67. The number of halogens is 1. The molecule has 0 saturated carbocycles. The van der Waals surface area contributed by atoms with E-state index in [1.165, 1.54) is 17.0 Å². The van der Waals surface area contributed by atoms with Gasteiger partial charge in [-0.1, -0.05) is 0 Å². The van der Waals surface area contributed by atoms with Crippen LogP contribution in [-0.2, 0) is 20.9 Å². The summed E-state index contributed by atoms with van der Waals surface area (Å²) in [5.74, 6) is -1.03. The lowest BCUT2D eigenvalue weighted by molar-refractivity contribution is -0.141. The maximum absolute atomic E-state index is 14.2. The zero-order valence-electron chi connectivity index (χ0n) is 19.3. The fraction of sp³-hybridized carbons (Fsp3) is 0.375. The van der Waals surface area contributed by atoms with Crippen LogP contribution in [0.4, 0.5) is 4.39 Å². The molecule has 0 aliphatic carbocycles. The predicted molar refractivity (Wildman–Crippen MR) is 123 cm³/mol. The van der Waals surface area contributed by atoms with Crippen LogP contribution < -0.4 is 16.1 Å². The molecule has 1 aromatic rings. The molecule has 1 unspecified atom stereocenters. The van der Waals surface area contributed by atoms with Crippen LogP contribution >= 0.6 is 0 Å². The van der Waals surface area contributed by atoms with Gasteiger partial charge in [0.2, 0.25) is 11.8 Å². The van der Waals surface area contributed by atoms with Gasteiger partial charge in [0.1, 0.15) is 18.1 Å². The van der Waals surface area contributed by atoms with Gasteiger partial charge in [-0.15, -0.1) is 0 Å². The van der Waals surface area contributed by atoms with Crippen molar-refractivity contribution in [2.75, 3.05) is 20.1 Å². The zero-order valence-corrected chi connectivity index (χ0v) is 19.3. The molecule has 2 aliphatic heterocycles. The highest BCUT2D eigenvalue weighted by Crippen LogP contribution is 2.22. The van der Waals surface area contributed by atoms with Gasteiger partial charge in [0, 0.05) is 38.6 Å². The van der Waals surface area contributed by atoms with Gasteiger partial charge >= 0.3 is 0 Å². The van der Waals surface area contributed by atoms with Crippen LogP contribution in [-0.4, -0.2) is 54.2 Å². The third-order valence-electron chi connectivity index (χ3n) is 5.53. The van der Waals surface area contributed by atoms with Gasteiger partial charge in [-0.05, 0) is 74.0 Å². The number of carbonyl (C=O) groups excluding carboxylic acids is 3. The summed E-state index contributed by atoms with van der Waals surface area (Å²) in [6, 6.07) is 4.00. The fourth-order valence-electron chi connectivity index (χ4n) is 3.63. The van der Waals surface area contributed by atoms with Crippen molar-refractivity contribution >= 4 is 23.7 Å². The molecule has 0 saturated heterocycles. The third-order valence-corrected chi connectivity index (χ3v) is 5.53. The Labute approximate surface area is 193 Å². The standard InChI is InChI=1S/C24H30FN5O3/c1-5-30(23(33)24(2,3)15-31)20-6-7-26-21(11-20)22(32)27-12-16-8-17(10-19(25)9-16)18-13-28-29(4)14-18/h6-11,14-15,21,26,28H,5,12-13H2,1-4H3,(H,27,32). The Morgan fingerprint density at radius 3 is 2.73 bits per heavy atom. The molecule has 33 heavy (non-hydrogen) atoms. The first-order valence-corrected chi connectivity index (χ1v) is 10.8. The molecule has 0 bridgehead atoms. The number of nitrogens with one attached hydrogen (secondary N) is 3. The van der Waals surface area contributed by atoms with Gasteiger partial charge < -0.3 is 25.3 Å². The molecule has 8 nitrogen and oxygen atoms in total. The van der Waals surface area contributed by atoms with Crippen LogP contribution in [0, 0.1) is 11.2 Å². The van der Waals surface area contributed by atoms with E-state index in [-0.39, 0.29) is 24.2 Å². The van der Waals surface area contributed by atoms with Crippen molar-refractivity contribution in [2.24, 2.45) is 5.41 Å². The zero-order chi connectivity index (χ0) is 24.2. The van der Waals surface area contributed by atoms with Gasteiger partial charge in [0.15, 0.2) is 0 Å². The number of hydrogen-bond donors (Lipinski definition) is 3.